The number of aromatic nitrogens is 2. The van der Waals surface area contributed by atoms with E-state index in [9.17, 15) is 14.7 Å². The molecule has 2 rings (SSSR count). The third-order valence-electron chi connectivity index (χ3n) is 3.21. The lowest BCUT2D eigenvalue weighted by atomic mass is 10.2. The fraction of sp³-hybridized carbons (Fsp3) is 0.357. The van der Waals surface area contributed by atoms with Crippen LogP contribution in [0.4, 0.5) is 0 Å². The third-order valence-corrected chi connectivity index (χ3v) is 4.45. The summed E-state index contributed by atoms with van der Waals surface area (Å²) in [5.41, 5.74) is 1.43. The average molecular weight is 292 g/mol. The Balaban J connectivity index is 2.53. The highest BCUT2D eigenvalue weighted by atomic mass is 32.1. The number of aryl methyl sites for hydroxylation is 2. The summed E-state index contributed by atoms with van der Waals surface area (Å²) in [6.45, 7) is 7.17. The molecule has 2 heterocycles. The molecule has 1 unspecified atom stereocenters. The molecule has 0 aromatic carbocycles. The Kier molecular flexibility index (Phi) is 3.76. The van der Waals surface area contributed by atoms with E-state index >= 15 is 0 Å². The van der Waals surface area contributed by atoms with Crippen LogP contribution in [0.25, 0.3) is 0 Å². The van der Waals surface area contributed by atoms with E-state index in [1.54, 1.807) is 22.1 Å². The summed E-state index contributed by atoms with van der Waals surface area (Å²) in [7, 11) is 0. The number of Topliss-reactive ketones (excluding diaryl/α,β-unsaturated/α-hetero) is 1. The number of thiazole rings is 1. The molecule has 6 heteroatoms. The standard InChI is InChI=1S/C14H16N2O3S/c1-7-13(20-10(4)15-7)8(2)16-6-11(9(3)17)5-12(16)14(18)19/h5-6,8H,1-4H3,(H,18,19). The predicted molar refractivity (Wildman–Crippen MR) is 76.8 cm³/mol. The van der Waals surface area contributed by atoms with Gasteiger partial charge in [-0.3, -0.25) is 4.79 Å². The van der Waals surface area contributed by atoms with Gasteiger partial charge in [0.15, 0.2) is 5.78 Å². The third kappa shape index (κ3) is 2.51. The van der Waals surface area contributed by atoms with Crippen molar-refractivity contribution in [2.24, 2.45) is 0 Å². The van der Waals surface area contributed by atoms with Gasteiger partial charge in [0, 0.05) is 11.8 Å². The Hall–Kier alpha value is -1.95. The molecule has 20 heavy (non-hydrogen) atoms. The molecule has 0 saturated heterocycles. The van der Waals surface area contributed by atoms with Gasteiger partial charge in [-0.25, -0.2) is 9.78 Å². The van der Waals surface area contributed by atoms with Crippen molar-refractivity contribution >= 4 is 23.1 Å². The largest absolute Gasteiger partial charge is 0.477 e. The van der Waals surface area contributed by atoms with E-state index in [1.165, 1.54) is 13.0 Å². The van der Waals surface area contributed by atoms with E-state index in [1.807, 2.05) is 20.8 Å². The van der Waals surface area contributed by atoms with E-state index in [-0.39, 0.29) is 17.5 Å². The summed E-state index contributed by atoms with van der Waals surface area (Å²) in [5, 5.41) is 10.2. The van der Waals surface area contributed by atoms with Crippen LogP contribution in [0.5, 0.6) is 0 Å². The SMILES string of the molecule is CC(=O)c1cc(C(=O)O)n(C(C)c2sc(C)nc2C)c1. The minimum absolute atomic E-state index is 0.119. The van der Waals surface area contributed by atoms with Gasteiger partial charge in [-0.05, 0) is 33.8 Å². The molecule has 2 aromatic rings. The van der Waals surface area contributed by atoms with E-state index in [0.717, 1.165) is 15.6 Å². The highest BCUT2D eigenvalue weighted by Gasteiger charge is 2.22. The average Bonchev–Trinajstić information content (AvgIpc) is 2.92. The van der Waals surface area contributed by atoms with Crippen molar-refractivity contribution in [3.8, 4) is 0 Å². The normalized spacial score (nSPS) is 12.4. The van der Waals surface area contributed by atoms with Gasteiger partial charge in [0.2, 0.25) is 0 Å². The number of rotatable bonds is 4. The van der Waals surface area contributed by atoms with Gasteiger partial charge >= 0.3 is 5.97 Å². The van der Waals surface area contributed by atoms with Crippen molar-refractivity contribution in [3.63, 3.8) is 0 Å². The van der Waals surface area contributed by atoms with Crippen molar-refractivity contribution in [3.05, 3.63) is 39.1 Å². The number of hydrogen-bond acceptors (Lipinski definition) is 4. The van der Waals surface area contributed by atoms with Crippen molar-refractivity contribution in [2.75, 3.05) is 0 Å². The molecule has 106 valence electrons. The van der Waals surface area contributed by atoms with Gasteiger partial charge < -0.3 is 9.67 Å². The lowest BCUT2D eigenvalue weighted by Crippen LogP contribution is -2.12. The summed E-state index contributed by atoms with van der Waals surface area (Å²) in [6, 6.07) is 1.25. The fourth-order valence-corrected chi connectivity index (χ4v) is 3.20. The number of nitrogens with zero attached hydrogens (tertiary/aromatic N) is 2. The van der Waals surface area contributed by atoms with E-state index in [4.69, 9.17) is 0 Å². The number of aromatic carboxylic acids is 1. The van der Waals surface area contributed by atoms with Gasteiger partial charge in [-0.2, -0.15) is 0 Å². The highest BCUT2D eigenvalue weighted by molar-refractivity contribution is 7.11. The molecule has 0 radical (unpaired) electrons. The molecule has 1 N–H and O–H groups in total. The molecule has 0 amide bonds. The van der Waals surface area contributed by atoms with E-state index in [0.29, 0.717) is 5.56 Å². The maximum Gasteiger partial charge on any atom is 0.352 e. The number of carbonyl (C=O) groups excluding carboxylic acids is 1. The molecular formula is C14H16N2O3S. The molecule has 0 fully saturated rings. The minimum atomic E-state index is -1.04. The number of ketones is 1. The van der Waals surface area contributed by atoms with Crippen LogP contribution >= 0.6 is 11.3 Å². The molecule has 0 aliphatic heterocycles. The topological polar surface area (TPSA) is 72.2 Å². The summed E-state index contributed by atoms with van der Waals surface area (Å²) in [6.07, 6.45) is 1.60. The van der Waals surface area contributed by atoms with Gasteiger partial charge in [-0.15, -0.1) is 11.3 Å². The Morgan fingerprint density at radius 2 is 2.05 bits per heavy atom. The van der Waals surface area contributed by atoms with Crippen LogP contribution in [0, 0.1) is 13.8 Å². The van der Waals surface area contributed by atoms with Crippen LogP contribution in [-0.4, -0.2) is 26.4 Å². The molecule has 0 aliphatic rings. The van der Waals surface area contributed by atoms with Crippen LogP contribution in [0.2, 0.25) is 0 Å². The molecule has 2 aromatic heterocycles. The van der Waals surface area contributed by atoms with Crippen LogP contribution in [0.1, 0.15) is 56.3 Å². The highest BCUT2D eigenvalue weighted by Crippen LogP contribution is 2.29. The lowest BCUT2D eigenvalue weighted by Gasteiger charge is -2.14. The summed E-state index contributed by atoms with van der Waals surface area (Å²) in [5.74, 6) is -1.18. The molecule has 0 spiro atoms. The van der Waals surface area contributed by atoms with E-state index in [2.05, 4.69) is 4.98 Å². The number of carboxylic acids is 1. The van der Waals surface area contributed by atoms with Crippen LogP contribution < -0.4 is 0 Å². The first-order chi connectivity index (χ1) is 9.31. The second-order valence-electron chi connectivity index (χ2n) is 4.74. The zero-order valence-corrected chi connectivity index (χ0v) is 12.6. The van der Waals surface area contributed by atoms with Gasteiger partial charge in [0.25, 0.3) is 0 Å². The summed E-state index contributed by atoms with van der Waals surface area (Å²) in [4.78, 5) is 28.2. The Bertz CT molecular complexity index is 685. The van der Waals surface area contributed by atoms with E-state index < -0.39 is 5.97 Å². The second-order valence-corrected chi connectivity index (χ2v) is 5.98. The lowest BCUT2D eigenvalue weighted by molar-refractivity contribution is 0.0684. The van der Waals surface area contributed by atoms with Gasteiger partial charge in [-0.1, -0.05) is 0 Å². The second kappa shape index (κ2) is 5.20. The Morgan fingerprint density at radius 1 is 1.40 bits per heavy atom. The van der Waals surface area contributed by atoms with Crippen molar-refractivity contribution in [1.82, 2.24) is 9.55 Å². The van der Waals surface area contributed by atoms with Crippen molar-refractivity contribution in [1.29, 1.82) is 0 Å². The number of hydrogen-bond donors (Lipinski definition) is 1. The maximum atomic E-state index is 11.4. The molecular weight excluding hydrogens is 276 g/mol. The number of carbonyl (C=O) groups is 2. The predicted octanol–water partition coefficient (Wildman–Crippen LogP) is 3.07. The monoisotopic (exact) mass is 292 g/mol. The van der Waals surface area contributed by atoms with Gasteiger partial charge in [0.05, 0.1) is 21.6 Å². The van der Waals surface area contributed by atoms with Crippen molar-refractivity contribution < 1.29 is 14.7 Å². The first kappa shape index (κ1) is 14.5. The van der Waals surface area contributed by atoms with Crippen LogP contribution in [-0.2, 0) is 0 Å². The maximum absolute atomic E-state index is 11.4. The minimum Gasteiger partial charge on any atom is -0.477 e. The van der Waals surface area contributed by atoms with Gasteiger partial charge in [0.1, 0.15) is 5.69 Å². The fourth-order valence-electron chi connectivity index (χ4n) is 2.22. The Morgan fingerprint density at radius 3 is 2.50 bits per heavy atom. The molecule has 5 nitrogen and oxygen atoms in total. The van der Waals surface area contributed by atoms with Crippen LogP contribution in [0.15, 0.2) is 12.3 Å². The zero-order chi connectivity index (χ0) is 15.0. The molecule has 0 aliphatic carbocycles. The first-order valence-corrected chi connectivity index (χ1v) is 7.03. The van der Waals surface area contributed by atoms with Crippen LogP contribution in [0.3, 0.4) is 0 Å². The Labute approximate surface area is 120 Å². The smallest absolute Gasteiger partial charge is 0.352 e. The summed E-state index contributed by atoms with van der Waals surface area (Å²) >= 11 is 1.55. The first-order valence-electron chi connectivity index (χ1n) is 6.21. The summed E-state index contributed by atoms with van der Waals surface area (Å²) < 4.78 is 1.62. The molecule has 1 atom stereocenters. The molecule has 0 saturated carbocycles. The zero-order valence-electron chi connectivity index (χ0n) is 11.8. The van der Waals surface area contributed by atoms with Crippen molar-refractivity contribution in [2.45, 2.75) is 33.7 Å². The molecule has 0 bridgehead atoms. The quantitative estimate of drug-likeness (QED) is 0.879. The number of carboxylic acid groups (broad SMARTS) is 1.